The smallest absolute Gasteiger partial charge is 0.303 e. The lowest BCUT2D eigenvalue weighted by Gasteiger charge is -1.97. The zero-order valence-corrected chi connectivity index (χ0v) is 9.37. The van der Waals surface area contributed by atoms with Crippen molar-refractivity contribution in [2.45, 2.75) is 12.8 Å². The van der Waals surface area contributed by atoms with Crippen molar-refractivity contribution in [3.63, 3.8) is 0 Å². The number of rotatable bonds is 3. The molecule has 6 heteroatoms. The van der Waals surface area contributed by atoms with Crippen LogP contribution in [0.1, 0.15) is 12.0 Å². The van der Waals surface area contributed by atoms with Gasteiger partial charge in [-0.2, -0.15) is 0 Å². The molecular weight excluding hydrogens is 230 g/mol. The van der Waals surface area contributed by atoms with Crippen LogP contribution in [-0.4, -0.2) is 17.0 Å². The number of halogens is 1. The number of carboxylic acid groups (broad SMARTS) is 1. The summed E-state index contributed by atoms with van der Waals surface area (Å²) in [6.45, 7) is 0. The van der Waals surface area contributed by atoms with E-state index in [4.69, 9.17) is 22.1 Å². The summed E-state index contributed by atoms with van der Waals surface area (Å²) >= 11 is 5.66. The molecule has 1 aromatic carbocycles. The zero-order valence-electron chi connectivity index (χ0n) is 8.61. The van der Waals surface area contributed by atoms with E-state index in [0.29, 0.717) is 11.4 Å². The van der Waals surface area contributed by atoms with Crippen LogP contribution in [0.15, 0.2) is 24.3 Å². The van der Waals surface area contributed by atoms with Crippen LogP contribution in [0, 0.1) is 5.41 Å². The quantitative estimate of drug-likeness (QED) is 0.472. The minimum atomic E-state index is -0.773. The van der Waals surface area contributed by atoms with E-state index in [1.165, 1.54) is 0 Å². The van der Waals surface area contributed by atoms with Crippen LogP contribution in [0.25, 0.3) is 0 Å². The molecule has 0 unspecified atom stereocenters. The molecule has 0 atom stereocenters. The molecule has 0 radical (unpaired) electrons. The Bertz CT molecular complexity index is 348. The van der Waals surface area contributed by atoms with Crippen molar-refractivity contribution in [3.05, 3.63) is 34.9 Å². The fourth-order valence-corrected chi connectivity index (χ4v) is 1.03. The second-order valence-electron chi connectivity index (χ2n) is 2.98. The number of aliphatic carboxylic acids is 1. The molecule has 0 heterocycles. The summed E-state index contributed by atoms with van der Waals surface area (Å²) in [5, 5.41) is 15.1. The molecule has 0 spiro atoms. The van der Waals surface area contributed by atoms with Crippen LogP contribution >= 0.6 is 11.6 Å². The van der Waals surface area contributed by atoms with Gasteiger partial charge in [0.25, 0.3) is 0 Å². The Morgan fingerprint density at radius 3 is 2.12 bits per heavy atom. The number of nitrogens with one attached hydrogen (secondary N) is 1. The molecule has 0 aliphatic rings. The number of guanidine groups is 1. The molecule has 5 nitrogen and oxygen atoms in total. The Balaban J connectivity index is 0.000000487. The van der Waals surface area contributed by atoms with E-state index in [-0.39, 0.29) is 12.4 Å². The van der Waals surface area contributed by atoms with Gasteiger partial charge in [0, 0.05) is 11.4 Å². The topological polar surface area (TPSA) is 113 Å². The van der Waals surface area contributed by atoms with Crippen molar-refractivity contribution in [1.82, 2.24) is 0 Å². The van der Waals surface area contributed by atoms with Gasteiger partial charge in [0.15, 0.2) is 5.96 Å². The average Bonchev–Trinajstić information content (AvgIpc) is 2.16. The molecule has 88 valence electrons. The summed E-state index contributed by atoms with van der Waals surface area (Å²) in [4.78, 5) is 10.2. The third-order valence-corrected chi connectivity index (χ3v) is 1.79. The largest absolute Gasteiger partial charge is 0.481 e. The van der Waals surface area contributed by atoms with Crippen molar-refractivity contribution in [3.8, 4) is 0 Å². The highest BCUT2D eigenvalue weighted by Crippen LogP contribution is 2.10. The van der Waals surface area contributed by atoms with Crippen LogP contribution in [0.2, 0.25) is 5.02 Å². The van der Waals surface area contributed by atoms with Crippen LogP contribution in [-0.2, 0) is 11.2 Å². The maximum absolute atomic E-state index is 10.2. The molecule has 6 N–H and O–H groups in total. The highest BCUT2D eigenvalue weighted by molar-refractivity contribution is 6.30. The molecule has 16 heavy (non-hydrogen) atoms. The lowest BCUT2D eigenvalue weighted by Crippen LogP contribution is -2.20. The standard InChI is InChI=1S/C9H9ClO2.CH5N3/c10-8-4-1-7(2-5-8)3-6-9(11)12;2-1(3)4/h1-2,4-5H,3,6H2,(H,11,12);(H5,2,3,4). The van der Waals surface area contributed by atoms with E-state index in [9.17, 15) is 4.79 Å². The highest BCUT2D eigenvalue weighted by Gasteiger charge is 1.98. The first kappa shape index (κ1) is 14.2. The predicted octanol–water partition coefficient (Wildman–Crippen LogP) is 1.20. The van der Waals surface area contributed by atoms with Crippen LogP contribution < -0.4 is 11.5 Å². The van der Waals surface area contributed by atoms with Gasteiger partial charge in [-0.25, -0.2) is 0 Å². The molecule has 0 bridgehead atoms. The van der Waals surface area contributed by atoms with E-state index < -0.39 is 5.97 Å². The number of hydrogen-bond donors (Lipinski definition) is 4. The lowest BCUT2D eigenvalue weighted by atomic mass is 10.1. The van der Waals surface area contributed by atoms with Crippen molar-refractivity contribution in [2.24, 2.45) is 11.5 Å². The van der Waals surface area contributed by atoms with Crippen LogP contribution in [0.4, 0.5) is 0 Å². The van der Waals surface area contributed by atoms with E-state index in [1.54, 1.807) is 12.1 Å². The molecule has 0 amide bonds. The maximum Gasteiger partial charge on any atom is 0.303 e. The van der Waals surface area contributed by atoms with Crippen molar-refractivity contribution < 1.29 is 9.90 Å². The minimum Gasteiger partial charge on any atom is -0.481 e. The van der Waals surface area contributed by atoms with Crippen molar-refractivity contribution >= 4 is 23.5 Å². The van der Waals surface area contributed by atoms with E-state index in [1.807, 2.05) is 12.1 Å². The normalized spacial score (nSPS) is 8.81. The van der Waals surface area contributed by atoms with Gasteiger partial charge in [0.2, 0.25) is 0 Å². The van der Waals surface area contributed by atoms with E-state index in [0.717, 1.165) is 5.56 Å². The number of nitrogens with two attached hydrogens (primary N) is 2. The van der Waals surface area contributed by atoms with Crippen LogP contribution in [0.3, 0.4) is 0 Å². The molecule has 1 aromatic rings. The Kier molecular flexibility index (Phi) is 6.71. The minimum absolute atomic E-state index is 0.168. The second kappa shape index (κ2) is 7.53. The molecule has 0 aromatic heterocycles. The summed E-state index contributed by atoms with van der Waals surface area (Å²) in [7, 11) is 0. The molecule has 0 aliphatic heterocycles. The van der Waals surface area contributed by atoms with E-state index in [2.05, 4.69) is 11.5 Å². The summed E-state index contributed by atoms with van der Waals surface area (Å²) in [5.74, 6) is -1.11. The Hall–Kier alpha value is -1.75. The number of hydrogen-bond acceptors (Lipinski definition) is 2. The van der Waals surface area contributed by atoms with Gasteiger partial charge in [-0.05, 0) is 24.1 Å². The maximum atomic E-state index is 10.2. The monoisotopic (exact) mass is 243 g/mol. The fourth-order valence-electron chi connectivity index (χ4n) is 0.902. The third kappa shape index (κ3) is 8.83. The SMILES string of the molecule is N=C(N)N.O=C(O)CCc1ccc(Cl)cc1. The average molecular weight is 244 g/mol. The van der Waals surface area contributed by atoms with Gasteiger partial charge in [-0.15, -0.1) is 0 Å². The Labute approximate surface area is 98.5 Å². The summed E-state index contributed by atoms with van der Waals surface area (Å²) in [6, 6.07) is 7.20. The molecule has 0 fully saturated rings. The highest BCUT2D eigenvalue weighted by atomic mass is 35.5. The second-order valence-corrected chi connectivity index (χ2v) is 3.41. The van der Waals surface area contributed by atoms with E-state index >= 15 is 0 Å². The lowest BCUT2D eigenvalue weighted by molar-refractivity contribution is -0.136. The van der Waals surface area contributed by atoms with Gasteiger partial charge < -0.3 is 16.6 Å². The molecule has 0 saturated carbocycles. The molecule has 0 saturated heterocycles. The predicted molar refractivity (Wildman–Crippen MR) is 63.5 cm³/mol. The number of benzene rings is 1. The van der Waals surface area contributed by atoms with Crippen molar-refractivity contribution in [2.75, 3.05) is 0 Å². The van der Waals surface area contributed by atoms with Crippen LogP contribution in [0.5, 0.6) is 0 Å². The molecule has 0 aliphatic carbocycles. The van der Waals surface area contributed by atoms with Gasteiger partial charge in [-0.1, -0.05) is 23.7 Å². The van der Waals surface area contributed by atoms with Gasteiger partial charge in [-0.3, -0.25) is 10.2 Å². The Morgan fingerprint density at radius 2 is 1.75 bits per heavy atom. The molecule has 1 rings (SSSR count). The van der Waals surface area contributed by atoms with Gasteiger partial charge >= 0.3 is 5.97 Å². The Morgan fingerprint density at radius 1 is 1.31 bits per heavy atom. The summed E-state index contributed by atoms with van der Waals surface area (Å²) in [6.07, 6.45) is 0.730. The van der Waals surface area contributed by atoms with Gasteiger partial charge in [0.05, 0.1) is 0 Å². The number of carboxylic acids is 1. The zero-order chi connectivity index (χ0) is 12.6. The summed E-state index contributed by atoms with van der Waals surface area (Å²) in [5.41, 5.74) is 9.95. The third-order valence-electron chi connectivity index (χ3n) is 1.54. The fraction of sp³-hybridized carbons (Fsp3) is 0.200. The first-order chi connectivity index (χ1) is 7.41. The first-order valence-electron chi connectivity index (χ1n) is 4.47. The number of carbonyl (C=O) groups is 1. The summed E-state index contributed by atoms with van der Waals surface area (Å²) < 4.78 is 0. The van der Waals surface area contributed by atoms with Crippen molar-refractivity contribution in [1.29, 1.82) is 5.41 Å². The van der Waals surface area contributed by atoms with Gasteiger partial charge in [0.1, 0.15) is 0 Å². The first-order valence-corrected chi connectivity index (χ1v) is 4.85. The molecular formula is C10H14ClN3O2. The number of aryl methyl sites for hydroxylation is 1.